The van der Waals surface area contributed by atoms with Gasteiger partial charge < -0.3 is 14.8 Å². The van der Waals surface area contributed by atoms with Crippen molar-refractivity contribution < 1.29 is 14.3 Å². The third kappa shape index (κ3) is 6.08. The average Bonchev–Trinajstić information content (AvgIpc) is 2.68. The molecule has 0 radical (unpaired) electrons. The molecule has 0 spiro atoms. The summed E-state index contributed by atoms with van der Waals surface area (Å²) >= 11 is 0. The van der Waals surface area contributed by atoms with Crippen molar-refractivity contribution in [1.29, 1.82) is 0 Å². The Hall–Kier alpha value is -2.37. The summed E-state index contributed by atoms with van der Waals surface area (Å²) in [7, 11) is 0. The molecule has 2 aromatic carbocycles. The first-order valence-corrected chi connectivity index (χ1v) is 9.49. The molecule has 1 unspecified atom stereocenters. The first-order chi connectivity index (χ1) is 13.1. The van der Waals surface area contributed by atoms with Crippen molar-refractivity contribution in [2.45, 2.75) is 26.4 Å². The van der Waals surface area contributed by atoms with Crippen LogP contribution in [0.2, 0.25) is 0 Å². The Kier molecular flexibility index (Phi) is 6.85. The Balaban J connectivity index is 1.50. The van der Waals surface area contributed by atoms with Gasteiger partial charge in [-0.1, -0.05) is 29.8 Å². The van der Waals surface area contributed by atoms with E-state index in [1.165, 1.54) is 5.56 Å². The number of morpholine rings is 1. The minimum Gasteiger partial charge on any atom is -0.491 e. The summed E-state index contributed by atoms with van der Waals surface area (Å²) in [5.41, 5.74) is 3.02. The van der Waals surface area contributed by atoms with Crippen LogP contribution < -0.4 is 10.1 Å². The summed E-state index contributed by atoms with van der Waals surface area (Å²) < 4.78 is 11.1. The second-order valence-electron chi connectivity index (χ2n) is 7.09. The Bertz CT molecular complexity index is 739. The summed E-state index contributed by atoms with van der Waals surface area (Å²) in [6.45, 7) is 8.69. The number of aryl methyl sites for hydroxylation is 1. The van der Waals surface area contributed by atoms with E-state index in [-0.39, 0.29) is 11.9 Å². The van der Waals surface area contributed by atoms with Crippen molar-refractivity contribution in [1.82, 2.24) is 10.2 Å². The lowest BCUT2D eigenvalue weighted by Gasteiger charge is -2.26. The van der Waals surface area contributed by atoms with Gasteiger partial charge in [-0.25, -0.2) is 0 Å². The van der Waals surface area contributed by atoms with E-state index in [2.05, 4.69) is 16.3 Å². The van der Waals surface area contributed by atoms with Crippen LogP contribution in [0.5, 0.6) is 5.75 Å². The van der Waals surface area contributed by atoms with Crippen LogP contribution in [-0.2, 0) is 11.3 Å². The molecule has 1 saturated heterocycles. The Labute approximate surface area is 161 Å². The molecule has 1 fully saturated rings. The van der Waals surface area contributed by atoms with E-state index in [0.717, 1.165) is 44.2 Å². The average molecular weight is 368 g/mol. The molecular formula is C22H28N2O3. The third-order valence-corrected chi connectivity index (χ3v) is 4.60. The van der Waals surface area contributed by atoms with Crippen LogP contribution in [0, 0.1) is 6.92 Å². The van der Waals surface area contributed by atoms with Gasteiger partial charge in [0.15, 0.2) is 0 Å². The van der Waals surface area contributed by atoms with Gasteiger partial charge in [0, 0.05) is 25.2 Å². The second-order valence-corrected chi connectivity index (χ2v) is 7.09. The lowest BCUT2D eigenvalue weighted by Crippen LogP contribution is -2.37. The monoisotopic (exact) mass is 368 g/mol. The Morgan fingerprint density at radius 3 is 2.67 bits per heavy atom. The number of nitrogens with one attached hydrogen (secondary N) is 1. The fourth-order valence-corrected chi connectivity index (χ4v) is 3.03. The maximum absolute atomic E-state index is 12.6. The molecule has 1 atom stereocenters. The highest BCUT2D eigenvalue weighted by molar-refractivity contribution is 5.94. The number of carbonyl (C=O) groups excluding carboxylic acids is 1. The molecule has 1 amide bonds. The molecular weight excluding hydrogens is 340 g/mol. The number of hydrogen-bond acceptors (Lipinski definition) is 4. The van der Waals surface area contributed by atoms with E-state index in [9.17, 15) is 4.79 Å². The van der Waals surface area contributed by atoms with E-state index in [1.54, 1.807) is 0 Å². The fraction of sp³-hybridized carbons (Fsp3) is 0.409. The number of ether oxygens (including phenoxy) is 2. The largest absolute Gasteiger partial charge is 0.491 e. The van der Waals surface area contributed by atoms with Gasteiger partial charge in [-0.3, -0.25) is 9.69 Å². The van der Waals surface area contributed by atoms with Gasteiger partial charge in [-0.15, -0.1) is 0 Å². The standard InChI is InChI=1S/C22H28N2O3/c1-17-6-8-21(9-7-17)27-16-18(2)23-22(25)20-5-3-4-19(14-20)15-24-10-12-26-13-11-24/h3-9,14,18H,10-13,15-16H2,1-2H3,(H,23,25). The highest BCUT2D eigenvalue weighted by atomic mass is 16.5. The normalized spacial score (nSPS) is 15.9. The van der Waals surface area contributed by atoms with Crippen molar-refractivity contribution >= 4 is 5.91 Å². The molecule has 27 heavy (non-hydrogen) atoms. The molecule has 0 aromatic heterocycles. The number of hydrogen-bond donors (Lipinski definition) is 1. The SMILES string of the molecule is Cc1ccc(OCC(C)NC(=O)c2cccc(CN3CCOCC3)c2)cc1. The topological polar surface area (TPSA) is 50.8 Å². The maximum Gasteiger partial charge on any atom is 0.251 e. The van der Waals surface area contributed by atoms with Crippen molar-refractivity contribution in [3.8, 4) is 5.75 Å². The number of carbonyl (C=O) groups is 1. The zero-order valence-electron chi connectivity index (χ0n) is 16.1. The van der Waals surface area contributed by atoms with Crippen LogP contribution in [-0.4, -0.2) is 49.8 Å². The van der Waals surface area contributed by atoms with Gasteiger partial charge in [0.1, 0.15) is 12.4 Å². The highest BCUT2D eigenvalue weighted by Crippen LogP contribution is 2.12. The summed E-state index contributed by atoms with van der Waals surface area (Å²) in [6.07, 6.45) is 0. The van der Waals surface area contributed by atoms with Crippen LogP contribution in [0.3, 0.4) is 0 Å². The highest BCUT2D eigenvalue weighted by Gasteiger charge is 2.14. The minimum atomic E-state index is -0.0818. The maximum atomic E-state index is 12.6. The van der Waals surface area contributed by atoms with Crippen LogP contribution in [0.1, 0.15) is 28.4 Å². The lowest BCUT2D eigenvalue weighted by molar-refractivity contribution is 0.0342. The molecule has 0 saturated carbocycles. The predicted molar refractivity (Wildman–Crippen MR) is 106 cm³/mol. The van der Waals surface area contributed by atoms with Gasteiger partial charge in [0.05, 0.1) is 19.3 Å². The molecule has 1 N–H and O–H groups in total. The van der Waals surface area contributed by atoms with Gasteiger partial charge in [-0.2, -0.15) is 0 Å². The van der Waals surface area contributed by atoms with Gasteiger partial charge >= 0.3 is 0 Å². The number of amides is 1. The van der Waals surface area contributed by atoms with E-state index in [4.69, 9.17) is 9.47 Å². The molecule has 5 heteroatoms. The zero-order valence-corrected chi connectivity index (χ0v) is 16.1. The van der Waals surface area contributed by atoms with Crippen molar-refractivity contribution in [3.05, 3.63) is 65.2 Å². The van der Waals surface area contributed by atoms with E-state index < -0.39 is 0 Å². The molecule has 2 aromatic rings. The molecule has 1 heterocycles. The first-order valence-electron chi connectivity index (χ1n) is 9.49. The summed E-state index contributed by atoms with van der Waals surface area (Å²) in [6, 6.07) is 15.7. The van der Waals surface area contributed by atoms with E-state index in [0.29, 0.717) is 12.2 Å². The predicted octanol–water partition coefficient (Wildman–Crippen LogP) is 3.02. The Morgan fingerprint density at radius 1 is 1.19 bits per heavy atom. The molecule has 3 rings (SSSR count). The van der Waals surface area contributed by atoms with Crippen molar-refractivity contribution in [3.63, 3.8) is 0 Å². The zero-order chi connectivity index (χ0) is 19.1. The number of benzene rings is 2. The molecule has 0 aliphatic carbocycles. The van der Waals surface area contributed by atoms with E-state index >= 15 is 0 Å². The summed E-state index contributed by atoms with van der Waals surface area (Å²) in [4.78, 5) is 14.9. The van der Waals surface area contributed by atoms with Crippen molar-refractivity contribution in [2.75, 3.05) is 32.9 Å². The van der Waals surface area contributed by atoms with Crippen molar-refractivity contribution in [2.24, 2.45) is 0 Å². The van der Waals surface area contributed by atoms with Crippen LogP contribution in [0.15, 0.2) is 48.5 Å². The fourth-order valence-electron chi connectivity index (χ4n) is 3.03. The number of rotatable bonds is 7. The summed E-state index contributed by atoms with van der Waals surface area (Å²) in [5.74, 6) is 0.744. The lowest BCUT2D eigenvalue weighted by atomic mass is 10.1. The number of nitrogens with zero attached hydrogens (tertiary/aromatic N) is 1. The molecule has 5 nitrogen and oxygen atoms in total. The van der Waals surface area contributed by atoms with Crippen LogP contribution in [0.25, 0.3) is 0 Å². The minimum absolute atomic E-state index is 0.0705. The Morgan fingerprint density at radius 2 is 1.93 bits per heavy atom. The van der Waals surface area contributed by atoms with Gasteiger partial charge in [-0.05, 0) is 43.7 Å². The molecule has 0 bridgehead atoms. The van der Waals surface area contributed by atoms with Gasteiger partial charge in [0.25, 0.3) is 5.91 Å². The van der Waals surface area contributed by atoms with Crippen LogP contribution in [0.4, 0.5) is 0 Å². The third-order valence-electron chi connectivity index (χ3n) is 4.60. The summed E-state index contributed by atoms with van der Waals surface area (Å²) in [5, 5.41) is 3.01. The quantitative estimate of drug-likeness (QED) is 0.816. The smallest absolute Gasteiger partial charge is 0.251 e. The molecule has 1 aliphatic heterocycles. The molecule has 1 aliphatic rings. The van der Waals surface area contributed by atoms with E-state index in [1.807, 2.05) is 56.3 Å². The van der Waals surface area contributed by atoms with Gasteiger partial charge in [0.2, 0.25) is 0 Å². The molecule has 144 valence electrons. The second kappa shape index (κ2) is 9.53. The van der Waals surface area contributed by atoms with Crippen LogP contribution >= 0.6 is 0 Å². The first kappa shape index (κ1) is 19.4.